The first kappa shape index (κ1) is 30.3. The summed E-state index contributed by atoms with van der Waals surface area (Å²) in [6.45, 7) is 7.14. The van der Waals surface area contributed by atoms with Gasteiger partial charge in [-0.3, -0.25) is 9.59 Å². The number of benzene rings is 3. The fourth-order valence-electron chi connectivity index (χ4n) is 7.92. The first-order chi connectivity index (χ1) is 20.5. The molecule has 3 aliphatic rings. The number of methoxy groups -OCH3 is 1. The Labute approximate surface area is 268 Å². The molecule has 0 bridgehead atoms. The van der Waals surface area contributed by atoms with Crippen LogP contribution in [0.3, 0.4) is 0 Å². The van der Waals surface area contributed by atoms with Gasteiger partial charge >= 0.3 is 0 Å². The van der Waals surface area contributed by atoms with Gasteiger partial charge in [-0.15, -0.1) is 0 Å². The van der Waals surface area contributed by atoms with E-state index in [9.17, 15) is 14.7 Å². The number of anilines is 1. The smallest absolute Gasteiger partial charge is 0.264 e. The Kier molecular flexibility index (Phi) is 7.98. The quantitative estimate of drug-likeness (QED) is 0.293. The van der Waals surface area contributed by atoms with Gasteiger partial charge in [-0.2, -0.15) is 0 Å². The van der Waals surface area contributed by atoms with Gasteiger partial charge in [0.2, 0.25) is 5.91 Å². The fourth-order valence-corrected chi connectivity index (χ4v) is 12.4. The summed E-state index contributed by atoms with van der Waals surface area (Å²) in [5.41, 5.74) is 2.84. The summed E-state index contributed by atoms with van der Waals surface area (Å²) in [7, 11) is 1.12. The SMILES string of the molecule is COc1ccc([Si](C)(C)[C@H]2[C@H](CC(=O)N3Cc4ccccc4C[C@H]3CO)O[C@@]3(C(=O)N(C)c4ccc(I)cc43)[C@@H]2C)cc1. The zero-order chi connectivity index (χ0) is 30.7. The van der Waals surface area contributed by atoms with Crippen LogP contribution >= 0.6 is 22.6 Å². The third kappa shape index (κ3) is 4.83. The van der Waals surface area contributed by atoms with Gasteiger partial charge < -0.3 is 24.4 Å². The van der Waals surface area contributed by atoms with Crippen LogP contribution in [0.15, 0.2) is 66.7 Å². The molecule has 6 rings (SSSR count). The van der Waals surface area contributed by atoms with Gasteiger partial charge in [-0.05, 0) is 76.0 Å². The normalized spacial score (nSPS) is 26.5. The molecule has 1 fully saturated rings. The average Bonchev–Trinajstić information content (AvgIpc) is 3.42. The lowest BCUT2D eigenvalue weighted by molar-refractivity contribution is -0.150. The van der Waals surface area contributed by atoms with Crippen molar-refractivity contribution in [2.75, 3.05) is 25.7 Å². The van der Waals surface area contributed by atoms with E-state index in [1.165, 1.54) is 10.8 Å². The molecule has 9 heteroatoms. The second-order valence-electron chi connectivity index (χ2n) is 12.7. The second kappa shape index (κ2) is 11.3. The highest BCUT2D eigenvalue weighted by molar-refractivity contribution is 14.1. The summed E-state index contributed by atoms with van der Waals surface area (Å²) in [6, 6.07) is 22.2. The molecule has 0 radical (unpaired) electrons. The summed E-state index contributed by atoms with van der Waals surface area (Å²) in [5, 5.41) is 11.5. The molecule has 2 amide bonds. The average molecular weight is 711 g/mol. The van der Waals surface area contributed by atoms with E-state index in [1.807, 2.05) is 48.3 Å². The molecular formula is C34H39IN2O5Si. The number of hydrogen-bond acceptors (Lipinski definition) is 5. The van der Waals surface area contributed by atoms with E-state index in [4.69, 9.17) is 9.47 Å². The zero-order valence-corrected chi connectivity index (χ0v) is 28.5. The number of likely N-dealkylation sites (N-methyl/N-ethyl adjacent to an activating group) is 1. The van der Waals surface area contributed by atoms with Crippen molar-refractivity contribution >= 4 is 53.4 Å². The van der Waals surface area contributed by atoms with Crippen LogP contribution in [0.1, 0.15) is 30.0 Å². The van der Waals surface area contributed by atoms with Crippen molar-refractivity contribution < 1.29 is 24.2 Å². The molecule has 3 aromatic carbocycles. The molecule has 1 spiro atoms. The minimum Gasteiger partial charge on any atom is -0.497 e. The largest absolute Gasteiger partial charge is 0.497 e. The summed E-state index contributed by atoms with van der Waals surface area (Å²) < 4.78 is 13.5. The number of aliphatic hydroxyl groups is 1. The maximum atomic E-state index is 14.2. The number of carbonyl (C=O) groups is 2. The summed E-state index contributed by atoms with van der Waals surface area (Å²) in [5.74, 6) is 0.508. The molecule has 3 aromatic rings. The van der Waals surface area contributed by atoms with Crippen molar-refractivity contribution in [3.8, 4) is 5.75 Å². The first-order valence-electron chi connectivity index (χ1n) is 14.9. The Hall–Kier alpha value is -2.73. The number of rotatable bonds is 6. The number of fused-ring (bicyclic) bond motifs is 3. The Morgan fingerprint density at radius 3 is 2.49 bits per heavy atom. The molecule has 0 aromatic heterocycles. The van der Waals surface area contributed by atoms with Crippen molar-refractivity contribution in [2.24, 2.45) is 5.92 Å². The molecule has 7 nitrogen and oxygen atoms in total. The van der Waals surface area contributed by atoms with Crippen LogP contribution < -0.4 is 14.8 Å². The fraction of sp³-hybridized carbons (Fsp3) is 0.412. The summed E-state index contributed by atoms with van der Waals surface area (Å²) in [4.78, 5) is 32.0. The van der Waals surface area contributed by atoms with Crippen molar-refractivity contribution in [2.45, 2.75) is 62.7 Å². The number of hydrogen-bond donors (Lipinski definition) is 1. The Morgan fingerprint density at radius 2 is 1.81 bits per heavy atom. The van der Waals surface area contributed by atoms with Crippen LogP contribution in [0.2, 0.25) is 18.6 Å². The van der Waals surface area contributed by atoms with Crippen molar-refractivity contribution in [3.63, 3.8) is 0 Å². The highest BCUT2D eigenvalue weighted by atomic mass is 127. The van der Waals surface area contributed by atoms with Crippen LogP contribution in [-0.4, -0.2) is 62.8 Å². The number of ether oxygens (including phenoxy) is 2. The van der Waals surface area contributed by atoms with Crippen LogP contribution in [0.25, 0.3) is 0 Å². The van der Waals surface area contributed by atoms with Crippen molar-refractivity contribution in [1.82, 2.24) is 4.90 Å². The number of halogens is 1. The molecule has 0 aliphatic carbocycles. The standard InChI is InChI=1S/C34H39IN2O5Si/c1-21-32(43(4,5)27-13-11-26(41-3)12-14-27)30(42-34(21)28-17-24(35)10-15-29(28)36(2)33(34)40)18-31(39)37-19-23-9-7-6-8-22(23)16-25(37)20-38/h6-15,17,21,25,30,32,38H,16,18-20H2,1-5H3/t21-,25+,30+,32-,34+/m1/s1. The first-order valence-corrected chi connectivity index (χ1v) is 19.1. The molecule has 3 aliphatic heterocycles. The molecule has 0 unspecified atom stereocenters. The van der Waals surface area contributed by atoms with E-state index in [-0.39, 0.29) is 42.3 Å². The van der Waals surface area contributed by atoms with Crippen LogP contribution in [0.4, 0.5) is 5.69 Å². The van der Waals surface area contributed by atoms with Gasteiger partial charge in [0, 0.05) is 28.6 Å². The molecular weight excluding hydrogens is 671 g/mol. The predicted molar refractivity (Wildman–Crippen MR) is 178 cm³/mol. The molecule has 1 N–H and O–H groups in total. The van der Waals surface area contributed by atoms with Gasteiger partial charge in [0.05, 0.1) is 46.0 Å². The highest BCUT2D eigenvalue weighted by Gasteiger charge is 2.66. The van der Waals surface area contributed by atoms with E-state index in [0.717, 1.165) is 26.1 Å². The third-order valence-corrected chi connectivity index (χ3v) is 15.2. The summed E-state index contributed by atoms with van der Waals surface area (Å²) in [6.07, 6.45) is 0.302. The van der Waals surface area contributed by atoms with Gasteiger partial charge in [0.15, 0.2) is 5.60 Å². The number of amides is 2. The number of nitrogens with zero attached hydrogens (tertiary/aromatic N) is 2. The molecule has 226 valence electrons. The Balaban J connectivity index is 1.41. The highest BCUT2D eigenvalue weighted by Crippen LogP contribution is 2.59. The third-order valence-electron chi connectivity index (χ3n) is 10.2. The van der Waals surface area contributed by atoms with E-state index >= 15 is 0 Å². The maximum absolute atomic E-state index is 14.2. The molecule has 1 saturated heterocycles. The van der Waals surface area contributed by atoms with Crippen LogP contribution in [0, 0.1) is 9.49 Å². The van der Waals surface area contributed by atoms with Crippen molar-refractivity contribution in [1.29, 1.82) is 0 Å². The minimum absolute atomic E-state index is 0.0318. The lowest BCUT2D eigenvalue weighted by atomic mass is 9.82. The molecule has 0 saturated carbocycles. The number of carbonyl (C=O) groups excluding carboxylic acids is 2. The molecule has 3 heterocycles. The lowest BCUT2D eigenvalue weighted by Gasteiger charge is -2.39. The summed E-state index contributed by atoms with van der Waals surface area (Å²) >= 11 is 2.29. The number of aliphatic hydroxyl groups excluding tert-OH is 1. The van der Waals surface area contributed by atoms with Gasteiger partial charge in [-0.1, -0.05) is 61.6 Å². The minimum atomic E-state index is -2.36. The van der Waals surface area contributed by atoms with Crippen molar-refractivity contribution in [3.05, 3.63) is 87.0 Å². The molecule has 43 heavy (non-hydrogen) atoms. The predicted octanol–water partition coefficient (Wildman–Crippen LogP) is 4.83. The topological polar surface area (TPSA) is 79.3 Å². The maximum Gasteiger partial charge on any atom is 0.264 e. The van der Waals surface area contributed by atoms with E-state index in [0.29, 0.717) is 13.0 Å². The van der Waals surface area contributed by atoms with Gasteiger partial charge in [0.1, 0.15) is 5.75 Å². The molecule has 5 atom stereocenters. The van der Waals surface area contributed by atoms with E-state index in [2.05, 4.69) is 72.9 Å². The van der Waals surface area contributed by atoms with E-state index in [1.54, 1.807) is 12.0 Å². The van der Waals surface area contributed by atoms with E-state index < -0.39 is 19.8 Å². The Morgan fingerprint density at radius 1 is 1.12 bits per heavy atom. The van der Waals surface area contributed by atoms with Gasteiger partial charge in [-0.25, -0.2) is 0 Å². The van der Waals surface area contributed by atoms with Crippen LogP contribution in [0.5, 0.6) is 5.75 Å². The van der Waals surface area contributed by atoms with Crippen LogP contribution in [-0.2, 0) is 32.9 Å². The van der Waals surface area contributed by atoms with Gasteiger partial charge in [0.25, 0.3) is 5.91 Å². The Bertz CT molecular complexity index is 1560. The zero-order valence-electron chi connectivity index (χ0n) is 25.3. The monoisotopic (exact) mass is 710 g/mol. The second-order valence-corrected chi connectivity index (χ2v) is 18.7. The lowest BCUT2D eigenvalue weighted by Crippen LogP contribution is -2.52.